The third-order valence-corrected chi connectivity index (χ3v) is 0.749. The maximum absolute atomic E-state index is 11.3. The molecular weight excluding hydrogens is 114 g/mol. The molecule has 0 aromatic heterocycles. The lowest BCUT2D eigenvalue weighted by Gasteiger charge is -1.94. The van der Waals surface area contributed by atoms with Crippen molar-refractivity contribution in [2.24, 2.45) is 0 Å². The molecule has 0 fully saturated rings. The molecule has 0 aliphatic carbocycles. The minimum atomic E-state index is -0.758. The Balaban J connectivity index is 2.53. The van der Waals surface area contributed by atoms with Crippen LogP contribution in [0.2, 0.25) is 0 Å². The molecule has 0 heterocycles. The van der Waals surface area contributed by atoms with E-state index in [1.54, 1.807) is 0 Å². The van der Waals surface area contributed by atoms with Crippen molar-refractivity contribution >= 4 is 0 Å². The van der Waals surface area contributed by atoms with Gasteiger partial charge >= 0.3 is 0 Å². The largest absolute Gasteiger partial charge is 0.350 e. The fourth-order valence-corrected chi connectivity index (χ4v) is 0.353. The van der Waals surface area contributed by atoms with E-state index in [1.165, 1.54) is 0 Å². The molecule has 50 valence electrons. The number of halogens is 2. The smallest absolute Gasteiger partial charge is 0.188 e. The van der Waals surface area contributed by atoms with Crippen LogP contribution in [0.1, 0.15) is 12.8 Å². The van der Waals surface area contributed by atoms with Crippen molar-refractivity contribution in [1.82, 2.24) is 0 Å². The lowest BCUT2D eigenvalue weighted by atomic mass is 10.3. The lowest BCUT2D eigenvalue weighted by molar-refractivity contribution is 0.0549. The van der Waals surface area contributed by atoms with Crippen molar-refractivity contribution in [3.63, 3.8) is 0 Å². The first-order valence-corrected chi connectivity index (χ1v) is 2.61. The third-order valence-electron chi connectivity index (χ3n) is 0.749. The van der Waals surface area contributed by atoms with Crippen molar-refractivity contribution in [1.29, 1.82) is 0 Å². The fraction of sp³-hybridized carbons (Fsp3) is 1.00. The van der Waals surface area contributed by atoms with E-state index in [0.29, 0.717) is 19.4 Å². The first kappa shape index (κ1) is 7.82. The summed E-state index contributed by atoms with van der Waals surface area (Å²) >= 11 is 0. The molecule has 0 rings (SSSR count). The predicted molar refractivity (Wildman–Crippen MR) is 27.1 cm³/mol. The maximum atomic E-state index is 11.3. The second-order valence-corrected chi connectivity index (χ2v) is 1.41. The highest BCUT2D eigenvalue weighted by Gasteiger charge is 1.85. The number of alkyl halides is 2. The average molecular weight is 124 g/mol. The third kappa shape index (κ3) is 5.82. The summed E-state index contributed by atoms with van der Waals surface area (Å²) in [6.07, 6.45) is 1.08. The van der Waals surface area contributed by atoms with Gasteiger partial charge in [0.15, 0.2) is 6.86 Å². The SMILES string of the molecule is FCCCCOCF. The van der Waals surface area contributed by atoms with Gasteiger partial charge in [-0.15, -0.1) is 0 Å². The van der Waals surface area contributed by atoms with Gasteiger partial charge in [-0.3, -0.25) is 4.39 Å². The van der Waals surface area contributed by atoms with E-state index in [1.807, 2.05) is 0 Å². The van der Waals surface area contributed by atoms with Crippen LogP contribution >= 0.6 is 0 Å². The van der Waals surface area contributed by atoms with E-state index < -0.39 is 6.86 Å². The number of unbranched alkanes of at least 4 members (excludes halogenated alkanes) is 1. The molecule has 0 aliphatic heterocycles. The van der Waals surface area contributed by atoms with Crippen molar-refractivity contribution in [3.05, 3.63) is 0 Å². The van der Waals surface area contributed by atoms with Gasteiger partial charge in [0.25, 0.3) is 0 Å². The van der Waals surface area contributed by atoms with Crippen LogP contribution in [0.25, 0.3) is 0 Å². The number of hydrogen-bond donors (Lipinski definition) is 0. The molecule has 0 spiro atoms. The molecule has 0 aliphatic rings. The van der Waals surface area contributed by atoms with Crippen molar-refractivity contribution in [2.45, 2.75) is 12.8 Å². The second kappa shape index (κ2) is 6.82. The molecular formula is C5H10F2O. The first-order chi connectivity index (χ1) is 3.91. The van der Waals surface area contributed by atoms with Crippen LogP contribution in [0.15, 0.2) is 0 Å². The Morgan fingerprint density at radius 2 is 1.88 bits per heavy atom. The van der Waals surface area contributed by atoms with Crippen LogP contribution in [0.3, 0.4) is 0 Å². The molecule has 0 unspecified atom stereocenters. The minimum Gasteiger partial charge on any atom is -0.350 e. The lowest BCUT2D eigenvalue weighted by Crippen LogP contribution is -1.92. The van der Waals surface area contributed by atoms with Crippen LogP contribution < -0.4 is 0 Å². The molecule has 3 heteroatoms. The summed E-state index contributed by atoms with van der Waals surface area (Å²) in [7, 11) is 0. The highest BCUT2D eigenvalue weighted by atomic mass is 19.1. The predicted octanol–water partition coefficient (Wildman–Crippen LogP) is 1.68. The van der Waals surface area contributed by atoms with E-state index in [4.69, 9.17) is 0 Å². The molecule has 0 aromatic carbocycles. The number of rotatable bonds is 5. The maximum Gasteiger partial charge on any atom is 0.188 e. The van der Waals surface area contributed by atoms with E-state index in [2.05, 4.69) is 4.74 Å². The minimum absolute atomic E-state index is 0.334. The standard InChI is InChI=1S/C5H10F2O/c6-3-1-2-4-8-5-7/h1-5H2. The Kier molecular flexibility index (Phi) is 6.67. The summed E-state index contributed by atoms with van der Waals surface area (Å²) < 4.78 is 26.7. The highest BCUT2D eigenvalue weighted by Crippen LogP contribution is 1.89. The Morgan fingerprint density at radius 3 is 2.38 bits per heavy atom. The van der Waals surface area contributed by atoms with Gasteiger partial charge in [-0.1, -0.05) is 0 Å². The van der Waals surface area contributed by atoms with Crippen molar-refractivity contribution in [3.8, 4) is 0 Å². The molecule has 8 heavy (non-hydrogen) atoms. The summed E-state index contributed by atoms with van der Waals surface area (Å²) in [4.78, 5) is 0. The van der Waals surface area contributed by atoms with Gasteiger partial charge in [0.2, 0.25) is 0 Å². The van der Waals surface area contributed by atoms with Crippen LogP contribution in [0, 0.1) is 0 Å². The average Bonchev–Trinajstić information content (AvgIpc) is 1.81. The molecule has 0 aromatic rings. The normalized spacial score (nSPS) is 9.75. The van der Waals surface area contributed by atoms with E-state index in [-0.39, 0.29) is 6.67 Å². The topological polar surface area (TPSA) is 9.23 Å². The Morgan fingerprint density at radius 1 is 1.12 bits per heavy atom. The highest BCUT2D eigenvalue weighted by molar-refractivity contribution is 4.33. The van der Waals surface area contributed by atoms with Crippen molar-refractivity contribution in [2.75, 3.05) is 20.1 Å². The van der Waals surface area contributed by atoms with Crippen LogP contribution in [-0.4, -0.2) is 20.1 Å². The van der Waals surface area contributed by atoms with E-state index in [9.17, 15) is 8.78 Å². The molecule has 0 saturated heterocycles. The van der Waals surface area contributed by atoms with Crippen LogP contribution in [0.5, 0.6) is 0 Å². The summed E-state index contributed by atoms with van der Waals surface area (Å²) in [5, 5.41) is 0. The molecule has 0 radical (unpaired) electrons. The Hall–Kier alpha value is -0.180. The molecule has 0 atom stereocenters. The van der Waals surface area contributed by atoms with Gasteiger partial charge in [-0.2, -0.15) is 0 Å². The van der Waals surface area contributed by atoms with Gasteiger partial charge < -0.3 is 4.74 Å². The molecule has 0 saturated carbocycles. The Bertz CT molecular complexity index is 35.4. The molecule has 0 N–H and O–H groups in total. The second-order valence-electron chi connectivity index (χ2n) is 1.41. The van der Waals surface area contributed by atoms with Gasteiger partial charge in [0, 0.05) is 6.61 Å². The summed E-state index contributed by atoms with van der Waals surface area (Å²) in [5.41, 5.74) is 0. The van der Waals surface area contributed by atoms with Gasteiger partial charge in [0.1, 0.15) is 0 Å². The van der Waals surface area contributed by atoms with E-state index in [0.717, 1.165) is 0 Å². The number of ether oxygens (including phenoxy) is 1. The summed E-state index contributed by atoms with van der Waals surface area (Å²) in [6, 6.07) is 0. The first-order valence-electron chi connectivity index (χ1n) is 2.61. The van der Waals surface area contributed by atoms with Gasteiger partial charge in [-0.05, 0) is 12.8 Å². The van der Waals surface area contributed by atoms with Crippen molar-refractivity contribution < 1.29 is 13.5 Å². The quantitative estimate of drug-likeness (QED) is 0.506. The monoisotopic (exact) mass is 124 g/mol. The summed E-state index contributed by atoms with van der Waals surface area (Å²) in [6.45, 7) is -0.762. The zero-order chi connectivity index (χ0) is 6.24. The van der Waals surface area contributed by atoms with Crippen LogP contribution in [-0.2, 0) is 4.74 Å². The Labute approximate surface area is 47.6 Å². The molecule has 1 nitrogen and oxygen atoms in total. The number of hydrogen-bond acceptors (Lipinski definition) is 1. The zero-order valence-electron chi connectivity index (χ0n) is 4.70. The van der Waals surface area contributed by atoms with Crippen LogP contribution in [0.4, 0.5) is 8.78 Å². The summed E-state index contributed by atoms with van der Waals surface area (Å²) in [5.74, 6) is 0. The molecule has 0 amide bonds. The van der Waals surface area contributed by atoms with Gasteiger partial charge in [0.05, 0.1) is 6.67 Å². The zero-order valence-corrected chi connectivity index (χ0v) is 4.70. The van der Waals surface area contributed by atoms with E-state index >= 15 is 0 Å². The van der Waals surface area contributed by atoms with Gasteiger partial charge in [-0.25, -0.2) is 4.39 Å². The molecule has 0 bridgehead atoms. The fourth-order valence-electron chi connectivity index (χ4n) is 0.353.